The van der Waals surface area contributed by atoms with Gasteiger partial charge in [-0.25, -0.2) is 4.79 Å². The van der Waals surface area contributed by atoms with Crippen LogP contribution in [0.4, 0.5) is 4.79 Å². The molecule has 186 valence electrons. The molecule has 2 aromatic carbocycles. The van der Waals surface area contributed by atoms with Crippen LogP contribution in [0.15, 0.2) is 48.5 Å². The lowest BCUT2D eigenvalue weighted by molar-refractivity contribution is -0.138. The molecule has 35 heavy (non-hydrogen) atoms. The minimum atomic E-state index is -0.834. The Morgan fingerprint density at radius 1 is 1.00 bits per heavy atom. The quantitative estimate of drug-likeness (QED) is 0.490. The maximum Gasteiger partial charge on any atom is 0.407 e. The first-order chi connectivity index (χ1) is 17.0. The second-order valence-electron chi connectivity index (χ2n) is 9.58. The highest BCUT2D eigenvalue weighted by Gasteiger charge is 2.32. The summed E-state index contributed by atoms with van der Waals surface area (Å²) in [6.45, 7) is 3.85. The van der Waals surface area contributed by atoms with Crippen molar-refractivity contribution in [3.05, 3.63) is 59.7 Å². The molecule has 0 bridgehead atoms. The smallest absolute Gasteiger partial charge is 0.407 e. The van der Waals surface area contributed by atoms with E-state index in [4.69, 9.17) is 9.84 Å². The number of hydrogen-bond acceptors (Lipinski definition) is 4. The van der Waals surface area contributed by atoms with E-state index in [1.54, 1.807) is 4.90 Å². The van der Waals surface area contributed by atoms with E-state index in [1.165, 1.54) is 22.3 Å². The van der Waals surface area contributed by atoms with Crippen molar-refractivity contribution in [1.82, 2.24) is 10.2 Å². The summed E-state index contributed by atoms with van der Waals surface area (Å²) in [4.78, 5) is 37.3. The first-order valence-corrected chi connectivity index (χ1v) is 12.5. The number of nitrogens with one attached hydrogen (secondary N) is 1. The molecule has 0 atom stereocenters. The van der Waals surface area contributed by atoms with Gasteiger partial charge in [0.05, 0.1) is 0 Å². The highest BCUT2D eigenvalue weighted by molar-refractivity contribution is 5.79. The average Bonchev–Trinajstić information content (AvgIpc) is 3.15. The van der Waals surface area contributed by atoms with E-state index in [0.29, 0.717) is 50.9 Å². The summed E-state index contributed by atoms with van der Waals surface area (Å²) >= 11 is 0. The number of carboxylic acid groups (broad SMARTS) is 1. The Morgan fingerprint density at radius 2 is 1.63 bits per heavy atom. The SMILES string of the molecule is CCN(CCCC(=O)O)C(=O)CC1CC(CNC(=O)OCC2c3ccccc3-c3ccccc32)C1. The number of carbonyl (C=O) groups is 3. The summed E-state index contributed by atoms with van der Waals surface area (Å²) in [6.07, 6.45) is 2.46. The third kappa shape index (κ3) is 6.02. The number of nitrogens with zero attached hydrogens (tertiary/aromatic N) is 1. The minimum absolute atomic E-state index is 0.0456. The minimum Gasteiger partial charge on any atom is -0.481 e. The number of benzene rings is 2. The van der Waals surface area contributed by atoms with Gasteiger partial charge >= 0.3 is 12.1 Å². The summed E-state index contributed by atoms with van der Waals surface area (Å²) in [5.41, 5.74) is 4.79. The van der Waals surface area contributed by atoms with Gasteiger partial charge in [-0.15, -0.1) is 0 Å². The van der Waals surface area contributed by atoms with Gasteiger partial charge in [-0.05, 0) is 60.3 Å². The Labute approximate surface area is 206 Å². The van der Waals surface area contributed by atoms with Gasteiger partial charge in [0.1, 0.15) is 6.61 Å². The molecule has 0 aliphatic heterocycles. The molecule has 2 aliphatic carbocycles. The second kappa shape index (κ2) is 11.4. The van der Waals surface area contributed by atoms with Crippen LogP contribution in [0.1, 0.15) is 56.1 Å². The molecule has 2 amide bonds. The first kappa shape index (κ1) is 24.8. The Morgan fingerprint density at radius 3 is 2.23 bits per heavy atom. The van der Waals surface area contributed by atoms with Gasteiger partial charge in [-0.3, -0.25) is 9.59 Å². The van der Waals surface area contributed by atoms with Crippen LogP contribution in [0, 0.1) is 11.8 Å². The van der Waals surface area contributed by atoms with Gasteiger partial charge in [-0.1, -0.05) is 48.5 Å². The Bertz CT molecular complexity index is 1020. The predicted molar refractivity (Wildman–Crippen MR) is 133 cm³/mol. The molecule has 0 saturated heterocycles. The van der Waals surface area contributed by atoms with Crippen molar-refractivity contribution in [3.63, 3.8) is 0 Å². The maximum atomic E-state index is 12.5. The van der Waals surface area contributed by atoms with Crippen LogP contribution in [0.25, 0.3) is 11.1 Å². The number of ether oxygens (including phenoxy) is 1. The highest BCUT2D eigenvalue weighted by Crippen LogP contribution is 2.44. The number of carbonyl (C=O) groups excluding carboxylic acids is 2. The van der Waals surface area contributed by atoms with Crippen LogP contribution in [-0.2, 0) is 14.3 Å². The number of aliphatic carboxylic acids is 1. The molecule has 2 aromatic rings. The van der Waals surface area contributed by atoms with E-state index in [-0.39, 0.29) is 18.2 Å². The molecule has 4 rings (SSSR count). The molecule has 0 spiro atoms. The van der Waals surface area contributed by atoms with Crippen LogP contribution in [-0.4, -0.2) is 54.2 Å². The fraction of sp³-hybridized carbons (Fsp3) is 0.464. The molecule has 2 aliphatic rings. The highest BCUT2D eigenvalue weighted by atomic mass is 16.5. The molecular formula is C28H34N2O5. The molecule has 0 heterocycles. The molecule has 7 nitrogen and oxygen atoms in total. The van der Waals surface area contributed by atoms with Crippen molar-refractivity contribution in [2.24, 2.45) is 11.8 Å². The van der Waals surface area contributed by atoms with Crippen LogP contribution in [0.2, 0.25) is 0 Å². The number of amides is 2. The number of hydrogen-bond donors (Lipinski definition) is 2. The summed E-state index contributed by atoms with van der Waals surface area (Å²) in [5.74, 6) is -0.0185. The largest absolute Gasteiger partial charge is 0.481 e. The lowest BCUT2D eigenvalue weighted by atomic mass is 9.73. The predicted octanol–water partition coefficient (Wildman–Crippen LogP) is 4.65. The number of carboxylic acids is 1. The summed E-state index contributed by atoms with van der Waals surface area (Å²) in [6, 6.07) is 16.5. The zero-order chi connectivity index (χ0) is 24.8. The third-order valence-corrected chi connectivity index (χ3v) is 7.23. The van der Waals surface area contributed by atoms with E-state index in [1.807, 2.05) is 31.2 Å². The zero-order valence-electron chi connectivity index (χ0n) is 20.2. The van der Waals surface area contributed by atoms with Gasteiger partial charge in [-0.2, -0.15) is 0 Å². The van der Waals surface area contributed by atoms with Crippen molar-refractivity contribution in [3.8, 4) is 11.1 Å². The lowest BCUT2D eigenvalue weighted by Gasteiger charge is -2.36. The molecule has 2 N–H and O–H groups in total. The number of rotatable bonds is 11. The normalized spacial score (nSPS) is 18.2. The van der Waals surface area contributed by atoms with Crippen LogP contribution >= 0.6 is 0 Å². The van der Waals surface area contributed by atoms with Gasteiger partial charge in [0.2, 0.25) is 5.91 Å². The van der Waals surface area contributed by atoms with E-state index in [9.17, 15) is 14.4 Å². The van der Waals surface area contributed by atoms with Crippen LogP contribution in [0.3, 0.4) is 0 Å². The molecule has 0 aromatic heterocycles. The molecule has 0 unspecified atom stereocenters. The fourth-order valence-electron chi connectivity index (χ4n) is 5.34. The molecule has 7 heteroatoms. The summed E-state index contributed by atoms with van der Waals surface area (Å²) in [7, 11) is 0. The zero-order valence-corrected chi connectivity index (χ0v) is 20.2. The molecular weight excluding hydrogens is 444 g/mol. The Kier molecular flexibility index (Phi) is 8.06. The average molecular weight is 479 g/mol. The summed E-state index contributed by atoms with van der Waals surface area (Å²) < 4.78 is 5.60. The van der Waals surface area contributed by atoms with Crippen LogP contribution in [0.5, 0.6) is 0 Å². The van der Waals surface area contributed by atoms with Gasteiger partial charge in [0, 0.05) is 38.4 Å². The van der Waals surface area contributed by atoms with E-state index in [2.05, 4.69) is 29.6 Å². The van der Waals surface area contributed by atoms with Crippen molar-refractivity contribution in [2.75, 3.05) is 26.2 Å². The van der Waals surface area contributed by atoms with Crippen molar-refractivity contribution >= 4 is 18.0 Å². The fourth-order valence-corrected chi connectivity index (χ4v) is 5.34. The maximum absolute atomic E-state index is 12.5. The first-order valence-electron chi connectivity index (χ1n) is 12.5. The number of fused-ring (bicyclic) bond motifs is 3. The van der Waals surface area contributed by atoms with Crippen molar-refractivity contribution in [2.45, 2.75) is 44.9 Å². The molecule has 1 saturated carbocycles. The standard InChI is InChI=1S/C28H34N2O5/c1-2-30(13-7-12-27(32)33)26(31)16-19-14-20(15-19)17-29-28(34)35-18-25-23-10-5-3-8-21(23)22-9-4-6-11-24(22)25/h3-6,8-11,19-20,25H,2,7,12-18H2,1H3,(H,29,34)(H,32,33). The third-order valence-electron chi connectivity index (χ3n) is 7.23. The Hall–Kier alpha value is -3.35. The van der Waals surface area contributed by atoms with E-state index >= 15 is 0 Å². The van der Waals surface area contributed by atoms with E-state index in [0.717, 1.165) is 12.8 Å². The van der Waals surface area contributed by atoms with Crippen molar-refractivity contribution < 1.29 is 24.2 Å². The van der Waals surface area contributed by atoms with Gasteiger partial charge in [0.15, 0.2) is 0 Å². The van der Waals surface area contributed by atoms with Gasteiger partial charge in [0.25, 0.3) is 0 Å². The van der Waals surface area contributed by atoms with Crippen LogP contribution < -0.4 is 5.32 Å². The van der Waals surface area contributed by atoms with Gasteiger partial charge < -0.3 is 20.1 Å². The molecule has 0 radical (unpaired) electrons. The topological polar surface area (TPSA) is 95.9 Å². The van der Waals surface area contributed by atoms with Crippen molar-refractivity contribution in [1.29, 1.82) is 0 Å². The lowest BCUT2D eigenvalue weighted by Crippen LogP contribution is -2.39. The second-order valence-corrected chi connectivity index (χ2v) is 9.58. The van der Waals surface area contributed by atoms with E-state index < -0.39 is 12.1 Å². The Balaban J connectivity index is 1.16. The summed E-state index contributed by atoms with van der Waals surface area (Å²) in [5, 5.41) is 11.7. The monoisotopic (exact) mass is 478 g/mol. The molecule has 1 fully saturated rings. The number of alkyl carbamates (subject to hydrolysis) is 1.